The lowest BCUT2D eigenvalue weighted by Gasteiger charge is -2.49. The van der Waals surface area contributed by atoms with E-state index in [4.69, 9.17) is 0 Å². The molecule has 0 unspecified atom stereocenters. The van der Waals surface area contributed by atoms with Crippen LogP contribution in [0.15, 0.2) is 84.9 Å². The van der Waals surface area contributed by atoms with Crippen LogP contribution in [0.5, 0.6) is 0 Å². The van der Waals surface area contributed by atoms with Gasteiger partial charge in [0.05, 0.1) is 6.04 Å². The molecule has 6 nitrogen and oxygen atoms in total. The lowest BCUT2D eigenvalue weighted by molar-refractivity contribution is -0.161. The number of hydrogen-bond donors (Lipinski definition) is 1. The summed E-state index contributed by atoms with van der Waals surface area (Å²) in [5, 5.41) is 1.15. The van der Waals surface area contributed by atoms with Crippen molar-refractivity contribution in [3.05, 3.63) is 107 Å². The molecule has 2 fully saturated rings. The van der Waals surface area contributed by atoms with Crippen molar-refractivity contribution in [1.29, 1.82) is 0 Å². The van der Waals surface area contributed by atoms with Crippen LogP contribution < -0.4 is 0 Å². The number of piperidine rings is 1. The third-order valence-electron chi connectivity index (χ3n) is 8.66. The first-order valence-electron chi connectivity index (χ1n) is 13.7. The number of para-hydroxylation sites is 1. The summed E-state index contributed by atoms with van der Waals surface area (Å²) in [5.41, 5.74) is 5.61. The number of amides is 2. The van der Waals surface area contributed by atoms with Gasteiger partial charge in [-0.15, -0.1) is 0 Å². The molecule has 1 aromatic heterocycles. The Hall–Kier alpha value is -3.90. The van der Waals surface area contributed by atoms with Crippen molar-refractivity contribution >= 4 is 22.7 Å². The number of fused-ring (bicyclic) bond motifs is 4. The molecule has 0 spiro atoms. The van der Waals surface area contributed by atoms with Gasteiger partial charge in [-0.1, -0.05) is 78.9 Å². The lowest BCUT2D eigenvalue weighted by atomic mass is 9.85. The van der Waals surface area contributed by atoms with Gasteiger partial charge in [0.15, 0.2) is 0 Å². The Morgan fingerprint density at radius 3 is 2.26 bits per heavy atom. The fraction of sp³-hybridized carbons (Fsp3) is 0.312. The van der Waals surface area contributed by atoms with E-state index in [1.807, 2.05) is 46.2 Å². The summed E-state index contributed by atoms with van der Waals surface area (Å²) in [4.78, 5) is 37.8. The molecule has 4 aromatic rings. The van der Waals surface area contributed by atoms with Crippen LogP contribution in [0.3, 0.4) is 0 Å². The average Bonchev–Trinajstić information content (AvgIpc) is 3.34. The lowest BCUT2D eigenvalue weighted by Crippen LogP contribution is -2.65. The van der Waals surface area contributed by atoms with Crippen molar-refractivity contribution in [2.24, 2.45) is 0 Å². The Labute approximate surface area is 222 Å². The highest BCUT2D eigenvalue weighted by molar-refractivity contribution is 5.97. The first kappa shape index (κ1) is 23.2. The summed E-state index contributed by atoms with van der Waals surface area (Å²) in [6, 6.07) is 28.3. The molecule has 0 bridgehead atoms. The van der Waals surface area contributed by atoms with Crippen molar-refractivity contribution in [3.8, 4) is 0 Å². The van der Waals surface area contributed by atoms with E-state index in [1.165, 1.54) is 5.56 Å². The first-order valence-corrected chi connectivity index (χ1v) is 13.7. The molecule has 0 saturated carbocycles. The Balaban J connectivity index is 1.17. The average molecular weight is 505 g/mol. The van der Waals surface area contributed by atoms with Crippen LogP contribution in [0.4, 0.5) is 0 Å². The smallest absolute Gasteiger partial charge is 0.246 e. The molecule has 2 saturated heterocycles. The zero-order valence-corrected chi connectivity index (χ0v) is 21.4. The Morgan fingerprint density at radius 1 is 0.816 bits per heavy atom. The van der Waals surface area contributed by atoms with Crippen LogP contribution in [0.25, 0.3) is 10.9 Å². The van der Waals surface area contributed by atoms with E-state index in [-0.39, 0.29) is 30.4 Å². The number of hydrogen-bond acceptors (Lipinski definition) is 3. The summed E-state index contributed by atoms with van der Waals surface area (Å²) in [6.07, 6.45) is 2.36. The van der Waals surface area contributed by atoms with E-state index in [0.717, 1.165) is 60.2 Å². The van der Waals surface area contributed by atoms with E-state index in [9.17, 15) is 9.59 Å². The van der Waals surface area contributed by atoms with Crippen molar-refractivity contribution in [1.82, 2.24) is 19.7 Å². The predicted molar refractivity (Wildman–Crippen MR) is 147 cm³/mol. The fourth-order valence-corrected chi connectivity index (χ4v) is 6.81. The van der Waals surface area contributed by atoms with E-state index in [2.05, 4.69) is 58.4 Å². The number of aromatic amines is 1. The molecule has 7 rings (SSSR count). The number of carbonyl (C=O) groups excluding carboxylic acids is 2. The summed E-state index contributed by atoms with van der Waals surface area (Å²) in [5.74, 6) is 0.141. The first-order chi connectivity index (χ1) is 18.7. The molecule has 3 aromatic carbocycles. The number of aromatic nitrogens is 1. The summed E-state index contributed by atoms with van der Waals surface area (Å²) in [7, 11) is 0. The van der Waals surface area contributed by atoms with Crippen molar-refractivity contribution < 1.29 is 9.59 Å². The van der Waals surface area contributed by atoms with Gasteiger partial charge in [0.2, 0.25) is 11.8 Å². The quantitative estimate of drug-likeness (QED) is 0.445. The van der Waals surface area contributed by atoms with E-state index in [0.29, 0.717) is 6.42 Å². The molecule has 0 aliphatic carbocycles. The minimum absolute atomic E-state index is 0.0412. The van der Waals surface area contributed by atoms with E-state index in [1.54, 1.807) is 0 Å². The van der Waals surface area contributed by atoms with Gasteiger partial charge < -0.3 is 14.8 Å². The Bertz CT molecular complexity index is 1470. The van der Waals surface area contributed by atoms with Gasteiger partial charge in [-0.3, -0.25) is 14.5 Å². The molecular formula is C32H32N4O2. The van der Waals surface area contributed by atoms with E-state index < -0.39 is 6.04 Å². The van der Waals surface area contributed by atoms with Gasteiger partial charge in [-0.25, -0.2) is 0 Å². The minimum atomic E-state index is -0.476. The van der Waals surface area contributed by atoms with Crippen LogP contribution in [-0.2, 0) is 22.6 Å². The van der Waals surface area contributed by atoms with Gasteiger partial charge in [-0.05, 0) is 35.6 Å². The number of piperazine rings is 1. The predicted octanol–water partition coefficient (Wildman–Crippen LogP) is 4.52. The van der Waals surface area contributed by atoms with Gasteiger partial charge in [0.1, 0.15) is 12.6 Å². The minimum Gasteiger partial charge on any atom is -0.356 e. The summed E-state index contributed by atoms with van der Waals surface area (Å²) in [6.45, 7) is 2.97. The molecule has 2 atom stereocenters. The third-order valence-corrected chi connectivity index (χ3v) is 8.66. The van der Waals surface area contributed by atoms with Crippen LogP contribution in [0, 0.1) is 0 Å². The number of rotatable bonds is 4. The van der Waals surface area contributed by atoms with Gasteiger partial charge in [0.25, 0.3) is 0 Å². The SMILES string of the molecule is O=C1[C@@H]2Cc3c([nH]c4ccccc34)[C@@H](c3ccccc3)N2C(=O)CN1C1CCN(Cc2ccccc2)CC1. The normalized spacial score (nSPS) is 22.5. The highest BCUT2D eigenvalue weighted by atomic mass is 16.2. The highest BCUT2D eigenvalue weighted by Gasteiger charge is 2.49. The molecule has 2 amide bonds. The third kappa shape index (κ3) is 3.91. The molecule has 192 valence electrons. The van der Waals surface area contributed by atoms with Gasteiger partial charge in [-0.2, -0.15) is 0 Å². The number of carbonyl (C=O) groups is 2. The number of H-pyrrole nitrogens is 1. The standard InChI is InChI=1S/C32H32N4O2/c37-29-21-35(24-15-17-34(18-16-24)20-22-9-3-1-4-10-22)32(38)28-19-26-25-13-7-8-14-27(25)33-30(26)31(36(28)29)23-11-5-2-6-12-23/h1-14,24,28,31,33H,15-21H2/t28-,31+/m0/s1. The van der Waals surface area contributed by atoms with Crippen LogP contribution in [0.2, 0.25) is 0 Å². The fourth-order valence-electron chi connectivity index (χ4n) is 6.81. The molecular weight excluding hydrogens is 472 g/mol. The zero-order chi connectivity index (χ0) is 25.6. The summed E-state index contributed by atoms with van der Waals surface area (Å²) < 4.78 is 0. The van der Waals surface area contributed by atoms with Crippen molar-refractivity contribution in [2.45, 2.75) is 43.9 Å². The number of nitrogens with zero attached hydrogens (tertiary/aromatic N) is 3. The van der Waals surface area contributed by atoms with Crippen molar-refractivity contribution in [2.75, 3.05) is 19.6 Å². The molecule has 1 N–H and O–H groups in total. The monoisotopic (exact) mass is 504 g/mol. The number of nitrogens with one attached hydrogen (secondary N) is 1. The molecule has 6 heteroatoms. The maximum atomic E-state index is 14.1. The van der Waals surface area contributed by atoms with E-state index >= 15 is 0 Å². The molecule has 0 radical (unpaired) electrons. The Morgan fingerprint density at radius 2 is 1.50 bits per heavy atom. The highest BCUT2D eigenvalue weighted by Crippen LogP contribution is 2.43. The van der Waals surface area contributed by atoms with Gasteiger partial charge in [0, 0.05) is 48.7 Å². The maximum absolute atomic E-state index is 14.1. The second-order valence-corrected chi connectivity index (χ2v) is 10.9. The Kier molecular flexibility index (Phi) is 5.77. The topological polar surface area (TPSA) is 59.7 Å². The molecule has 38 heavy (non-hydrogen) atoms. The molecule has 3 aliphatic rings. The number of likely N-dealkylation sites (tertiary alicyclic amines) is 1. The van der Waals surface area contributed by atoms with Crippen molar-refractivity contribution in [3.63, 3.8) is 0 Å². The van der Waals surface area contributed by atoms with Crippen LogP contribution >= 0.6 is 0 Å². The number of benzene rings is 3. The maximum Gasteiger partial charge on any atom is 0.246 e. The van der Waals surface area contributed by atoms with Crippen LogP contribution in [0.1, 0.15) is 41.3 Å². The van der Waals surface area contributed by atoms with Gasteiger partial charge >= 0.3 is 0 Å². The molecule has 3 aliphatic heterocycles. The zero-order valence-electron chi connectivity index (χ0n) is 21.4. The second-order valence-electron chi connectivity index (χ2n) is 10.9. The largest absolute Gasteiger partial charge is 0.356 e. The molecule has 4 heterocycles. The summed E-state index contributed by atoms with van der Waals surface area (Å²) >= 11 is 0. The van der Waals surface area contributed by atoms with Crippen LogP contribution in [-0.4, -0.2) is 63.2 Å². The second kappa shape index (κ2) is 9.44.